The van der Waals surface area contributed by atoms with Gasteiger partial charge in [0.05, 0.1) is 12.0 Å². The van der Waals surface area contributed by atoms with Gasteiger partial charge >= 0.3 is 12.0 Å². The SMILES string of the molecule is CC1(C(=O)O)CCCN(CC(=O)NC(N)=O)C1. The van der Waals surface area contributed by atoms with Gasteiger partial charge in [-0.15, -0.1) is 0 Å². The molecule has 1 saturated heterocycles. The van der Waals surface area contributed by atoms with Crippen molar-refractivity contribution in [3.63, 3.8) is 0 Å². The van der Waals surface area contributed by atoms with Crippen molar-refractivity contribution in [3.05, 3.63) is 0 Å². The number of rotatable bonds is 3. The third-order valence-corrected chi connectivity index (χ3v) is 2.92. The van der Waals surface area contributed by atoms with Gasteiger partial charge in [0.1, 0.15) is 0 Å². The van der Waals surface area contributed by atoms with E-state index in [1.54, 1.807) is 11.8 Å². The molecule has 1 aliphatic heterocycles. The fourth-order valence-electron chi connectivity index (χ4n) is 2.03. The molecule has 4 N–H and O–H groups in total. The van der Waals surface area contributed by atoms with Gasteiger partial charge in [-0.1, -0.05) is 0 Å². The van der Waals surface area contributed by atoms with Crippen LogP contribution < -0.4 is 11.1 Å². The van der Waals surface area contributed by atoms with Gasteiger partial charge in [0.15, 0.2) is 0 Å². The highest BCUT2D eigenvalue weighted by Gasteiger charge is 2.38. The van der Waals surface area contributed by atoms with Crippen LogP contribution in [0.5, 0.6) is 0 Å². The Balaban J connectivity index is 2.53. The minimum atomic E-state index is -0.895. The molecular weight excluding hydrogens is 226 g/mol. The van der Waals surface area contributed by atoms with Gasteiger partial charge in [0, 0.05) is 6.54 Å². The Hall–Kier alpha value is -1.63. The third-order valence-electron chi connectivity index (χ3n) is 2.92. The van der Waals surface area contributed by atoms with Gasteiger partial charge < -0.3 is 10.8 Å². The number of nitrogens with one attached hydrogen (secondary N) is 1. The van der Waals surface area contributed by atoms with E-state index in [0.717, 1.165) is 0 Å². The zero-order chi connectivity index (χ0) is 13.1. The van der Waals surface area contributed by atoms with Gasteiger partial charge in [0.2, 0.25) is 5.91 Å². The van der Waals surface area contributed by atoms with Gasteiger partial charge in [-0.2, -0.15) is 0 Å². The van der Waals surface area contributed by atoms with Crippen LogP contribution in [0.4, 0.5) is 4.79 Å². The summed E-state index contributed by atoms with van der Waals surface area (Å²) in [5.74, 6) is -1.37. The van der Waals surface area contributed by atoms with E-state index in [1.807, 2.05) is 5.32 Å². The smallest absolute Gasteiger partial charge is 0.318 e. The summed E-state index contributed by atoms with van der Waals surface area (Å²) in [5, 5.41) is 11.1. The second-order valence-electron chi connectivity index (χ2n) is 4.59. The molecule has 0 aromatic carbocycles. The van der Waals surface area contributed by atoms with Gasteiger partial charge in [-0.3, -0.25) is 19.8 Å². The summed E-state index contributed by atoms with van der Waals surface area (Å²) in [6.45, 7) is 2.60. The molecule has 17 heavy (non-hydrogen) atoms. The van der Waals surface area contributed by atoms with Crippen molar-refractivity contribution in [3.8, 4) is 0 Å². The number of carbonyl (C=O) groups is 3. The second kappa shape index (κ2) is 5.13. The Morgan fingerprint density at radius 1 is 1.47 bits per heavy atom. The highest BCUT2D eigenvalue weighted by atomic mass is 16.4. The predicted molar refractivity (Wildman–Crippen MR) is 59.1 cm³/mol. The molecule has 0 spiro atoms. The number of hydrogen-bond acceptors (Lipinski definition) is 4. The van der Waals surface area contributed by atoms with Crippen molar-refractivity contribution in [2.45, 2.75) is 19.8 Å². The van der Waals surface area contributed by atoms with Crippen LogP contribution in [0.15, 0.2) is 0 Å². The Labute approximate surface area is 98.9 Å². The highest BCUT2D eigenvalue weighted by molar-refractivity contribution is 5.94. The molecule has 0 aliphatic carbocycles. The maximum atomic E-state index is 11.3. The summed E-state index contributed by atoms with van der Waals surface area (Å²) in [7, 11) is 0. The summed E-state index contributed by atoms with van der Waals surface area (Å²) in [6, 6.07) is -0.895. The Morgan fingerprint density at radius 2 is 2.12 bits per heavy atom. The average Bonchev–Trinajstić information content (AvgIpc) is 2.15. The van der Waals surface area contributed by atoms with Crippen LogP contribution in [0, 0.1) is 5.41 Å². The lowest BCUT2D eigenvalue weighted by Crippen LogP contribution is -2.50. The number of carboxylic acid groups (broad SMARTS) is 1. The van der Waals surface area contributed by atoms with Crippen LogP contribution in [0.2, 0.25) is 0 Å². The molecule has 3 amide bonds. The van der Waals surface area contributed by atoms with Crippen LogP contribution in [-0.4, -0.2) is 47.5 Å². The van der Waals surface area contributed by atoms with E-state index in [-0.39, 0.29) is 6.54 Å². The first-order valence-electron chi connectivity index (χ1n) is 5.38. The summed E-state index contributed by atoms with van der Waals surface area (Å²) >= 11 is 0. The van der Waals surface area contributed by atoms with E-state index in [0.29, 0.717) is 25.9 Å². The number of hydrogen-bond donors (Lipinski definition) is 3. The monoisotopic (exact) mass is 243 g/mol. The summed E-state index contributed by atoms with van der Waals surface area (Å²) in [4.78, 5) is 34.6. The number of urea groups is 1. The maximum Gasteiger partial charge on any atom is 0.318 e. The fraction of sp³-hybridized carbons (Fsp3) is 0.700. The molecule has 0 aromatic rings. The van der Waals surface area contributed by atoms with Crippen molar-refractivity contribution in [1.82, 2.24) is 10.2 Å². The van der Waals surface area contributed by atoms with Gasteiger partial charge in [0.25, 0.3) is 0 Å². The number of carboxylic acids is 1. The third kappa shape index (κ3) is 3.70. The minimum Gasteiger partial charge on any atom is -0.481 e. The fourth-order valence-corrected chi connectivity index (χ4v) is 2.03. The van der Waals surface area contributed by atoms with E-state index in [9.17, 15) is 14.4 Å². The average molecular weight is 243 g/mol. The van der Waals surface area contributed by atoms with Crippen molar-refractivity contribution >= 4 is 17.9 Å². The van der Waals surface area contributed by atoms with Crippen molar-refractivity contribution < 1.29 is 19.5 Å². The summed E-state index contributed by atoms with van der Waals surface area (Å²) in [6.07, 6.45) is 1.31. The lowest BCUT2D eigenvalue weighted by Gasteiger charge is -2.36. The lowest BCUT2D eigenvalue weighted by atomic mass is 9.82. The number of imide groups is 1. The van der Waals surface area contributed by atoms with Gasteiger partial charge in [-0.05, 0) is 26.3 Å². The van der Waals surface area contributed by atoms with Gasteiger partial charge in [-0.25, -0.2) is 4.79 Å². The molecule has 1 heterocycles. The number of amides is 3. The quantitative estimate of drug-likeness (QED) is 0.610. The van der Waals surface area contributed by atoms with Crippen molar-refractivity contribution in [2.24, 2.45) is 11.1 Å². The lowest BCUT2D eigenvalue weighted by molar-refractivity contribution is -0.151. The number of likely N-dealkylation sites (tertiary alicyclic amines) is 1. The molecule has 96 valence electrons. The molecule has 0 aromatic heterocycles. The summed E-state index contributed by atoms with van der Waals surface area (Å²) in [5.41, 5.74) is 3.99. The number of nitrogens with two attached hydrogens (primary N) is 1. The van der Waals surface area contributed by atoms with E-state index >= 15 is 0 Å². The number of carbonyl (C=O) groups excluding carboxylic acids is 2. The number of nitrogens with zero attached hydrogens (tertiary/aromatic N) is 1. The number of piperidine rings is 1. The Bertz CT molecular complexity index is 344. The molecule has 0 saturated carbocycles. The molecule has 1 rings (SSSR count). The first kappa shape index (κ1) is 13.4. The molecule has 0 bridgehead atoms. The normalized spacial score (nSPS) is 25.2. The van der Waals surface area contributed by atoms with Crippen molar-refractivity contribution in [2.75, 3.05) is 19.6 Å². The molecule has 1 fully saturated rings. The number of aliphatic carboxylic acids is 1. The molecule has 1 atom stereocenters. The van der Waals surface area contributed by atoms with Crippen LogP contribution in [0.25, 0.3) is 0 Å². The van der Waals surface area contributed by atoms with E-state index in [1.165, 1.54) is 0 Å². The Kier molecular flexibility index (Phi) is 4.06. The van der Waals surface area contributed by atoms with Crippen LogP contribution in [0.1, 0.15) is 19.8 Å². The maximum absolute atomic E-state index is 11.3. The molecular formula is C10H17N3O4. The predicted octanol–water partition coefficient (Wildman–Crippen LogP) is -0.632. The van der Waals surface area contributed by atoms with Crippen LogP contribution in [0.3, 0.4) is 0 Å². The molecule has 1 aliphatic rings. The second-order valence-corrected chi connectivity index (χ2v) is 4.59. The minimum absolute atomic E-state index is 0.00813. The first-order valence-corrected chi connectivity index (χ1v) is 5.38. The zero-order valence-corrected chi connectivity index (χ0v) is 9.73. The largest absolute Gasteiger partial charge is 0.481 e. The van der Waals surface area contributed by atoms with Crippen LogP contribution in [-0.2, 0) is 9.59 Å². The molecule has 7 nitrogen and oxygen atoms in total. The highest BCUT2D eigenvalue weighted by Crippen LogP contribution is 2.29. The van der Waals surface area contributed by atoms with E-state index < -0.39 is 23.3 Å². The first-order chi connectivity index (χ1) is 7.83. The number of primary amides is 1. The van der Waals surface area contributed by atoms with E-state index in [2.05, 4.69) is 0 Å². The molecule has 0 radical (unpaired) electrons. The topological polar surface area (TPSA) is 113 Å². The van der Waals surface area contributed by atoms with Crippen molar-refractivity contribution in [1.29, 1.82) is 0 Å². The standard InChI is InChI=1S/C10H17N3O4/c1-10(8(15)16)3-2-4-13(6-10)5-7(14)12-9(11)17/h2-6H2,1H3,(H,15,16)(H3,11,12,14,17). The molecule has 1 unspecified atom stereocenters. The summed E-state index contributed by atoms with van der Waals surface area (Å²) < 4.78 is 0. The van der Waals surface area contributed by atoms with Crippen LogP contribution >= 0.6 is 0 Å². The molecule has 7 heteroatoms. The zero-order valence-electron chi connectivity index (χ0n) is 9.73. The Morgan fingerprint density at radius 3 is 2.65 bits per heavy atom. The van der Waals surface area contributed by atoms with E-state index in [4.69, 9.17) is 10.8 Å².